The van der Waals surface area contributed by atoms with Crippen LogP contribution in [0.5, 0.6) is 0 Å². The van der Waals surface area contributed by atoms with Crippen LogP contribution in [-0.4, -0.2) is 32.5 Å². The van der Waals surface area contributed by atoms with Crippen LogP contribution < -0.4 is 5.32 Å². The summed E-state index contributed by atoms with van der Waals surface area (Å²) in [6.07, 6.45) is 2.33. The van der Waals surface area contributed by atoms with Crippen LogP contribution >= 0.6 is 11.8 Å². The smallest absolute Gasteiger partial charge is 0.233 e. The monoisotopic (exact) mass is 344 g/mol. The number of benzene rings is 1. The second-order valence-corrected chi connectivity index (χ2v) is 7.98. The molecule has 0 radical (unpaired) electrons. The predicted molar refractivity (Wildman–Crippen MR) is 96.5 cm³/mol. The Morgan fingerprint density at radius 3 is 2.62 bits per heavy atom. The Bertz CT molecular complexity index is 694. The molecule has 24 heavy (non-hydrogen) atoms. The lowest BCUT2D eigenvalue weighted by Gasteiger charge is -2.11. The quantitative estimate of drug-likeness (QED) is 0.782. The molecule has 1 aromatic heterocycles. The minimum Gasteiger partial charge on any atom is -0.355 e. The summed E-state index contributed by atoms with van der Waals surface area (Å²) < 4.78 is 1.93. The topological polar surface area (TPSA) is 59.8 Å². The molecular formula is C18H24N4OS. The summed E-state index contributed by atoms with van der Waals surface area (Å²) in [4.78, 5) is 16.9. The van der Waals surface area contributed by atoms with Gasteiger partial charge in [0, 0.05) is 12.5 Å². The summed E-state index contributed by atoms with van der Waals surface area (Å²) in [5.74, 6) is 2.00. The van der Waals surface area contributed by atoms with E-state index in [1.807, 2.05) is 41.9 Å². The number of hydrogen-bond donors (Lipinski definition) is 1. The summed E-state index contributed by atoms with van der Waals surface area (Å²) in [6, 6.07) is 10.1. The van der Waals surface area contributed by atoms with E-state index < -0.39 is 0 Å². The number of carbonyl (C=O) groups is 1. The van der Waals surface area contributed by atoms with Crippen molar-refractivity contribution in [3.8, 4) is 5.69 Å². The first-order valence-corrected chi connectivity index (χ1v) is 9.39. The van der Waals surface area contributed by atoms with Gasteiger partial charge in [0.15, 0.2) is 0 Å². The van der Waals surface area contributed by atoms with Crippen molar-refractivity contribution < 1.29 is 4.79 Å². The lowest BCUT2D eigenvalue weighted by atomic mass is 10.2. The highest BCUT2D eigenvalue weighted by molar-refractivity contribution is 8.00. The van der Waals surface area contributed by atoms with Crippen LogP contribution in [0.4, 0.5) is 0 Å². The molecule has 3 rings (SSSR count). The van der Waals surface area contributed by atoms with E-state index in [0.717, 1.165) is 11.5 Å². The SMILES string of the molecule is CC(C)CNC(=O)C(C)Sc1nc(C2CC2)n(-c2ccccc2)n1. The number of hydrogen-bond acceptors (Lipinski definition) is 4. The van der Waals surface area contributed by atoms with Gasteiger partial charge in [-0.25, -0.2) is 9.67 Å². The van der Waals surface area contributed by atoms with Gasteiger partial charge in [-0.2, -0.15) is 0 Å². The molecule has 6 heteroatoms. The Balaban J connectivity index is 1.74. The standard InChI is InChI=1S/C18H24N4OS/c1-12(2)11-19-17(23)13(3)24-18-20-16(14-9-10-14)22(21-18)15-7-5-4-6-8-15/h4-8,12-14H,9-11H2,1-3H3,(H,19,23). The largest absolute Gasteiger partial charge is 0.355 e. The fourth-order valence-electron chi connectivity index (χ4n) is 2.38. The van der Waals surface area contributed by atoms with E-state index in [-0.39, 0.29) is 11.2 Å². The number of nitrogens with zero attached hydrogens (tertiary/aromatic N) is 3. The molecule has 1 fully saturated rings. The minimum atomic E-state index is -0.206. The third kappa shape index (κ3) is 4.17. The van der Waals surface area contributed by atoms with Gasteiger partial charge in [0.25, 0.3) is 0 Å². The van der Waals surface area contributed by atoms with Crippen molar-refractivity contribution in [2.24, 2.45) is 5.92 Å². The van der Waals surface area contributed by atoms with Gasteiger partial charge in [-0.15, -0.1) is 5.10 Å². The van der Waals surface area contributed by atoms with Gasteiger partial charge in [-0.05, 0) is 37.8 Å². The van der Waals surface area contributed by atoms with Crippen molar-refractivity contribution in [1.82, 2.24) is 20.1 Å². The second-order valence-electron chi connectivity index (χ2n) is 6.67. The Kier molecular flexibility index (Phi) is 5.23. The van der Waals surface area contributed by atoms with E-state index in [0.29, 0.717) is 23.5 Å². The third-order valence-corrected chi connectivity index (χ3v) is 4.84. The number of nitrogens with one attached hydrogen (secondary N) is 1. The molecule has 1 N–H and O–H groups in total. The molecule has 1 amide bonds. The van der Waals surface area contributed by atoms with Gasteiger partial charge < -0.3 is 5.32 Å². The number of rotatable bonds is 7. The second kappa shape index (κ2) is 7.38. The number of amides is 1. The van der Waals surface area contributed by atoms with Gasteiger partial charge in [0.05, 0.1) is 10.9 Å². The average molecular weight is 344 g/mol. The summed E-state index contributed by atoms with van der Waals surface area (Å²) in [7, 11) is 0. The highest BCUT2D eigenvalue weighted by Gasteiger charge is 2.31. The maximum absolute atomic E-state index is 12.2. The lowest BCUT2D eigenvalue weighted by Crippen LogP contribution is -2.33. The highest BCUT2D eigenvalue weighted by atomic mass is 32.2. The number of thioether (sulfide) groups is 1. The van der Waals surface area contributed by atoms with Crippen LogP contribution in [-0.2, 0) is 4.79 Å². The number of aromatic nitrogens is 3. The maximum Gasteiger partial charge on any atom is 0.233 e. The zero-order chi connectivity index (χ0) is 17.1. The molecule has 2 aromatic rings. The Morgan fingerprint density at radius 2 is 2.00 bits per heavy atom. The average Bonchev–Trinajstić information content (AvgIpc) is 3.34. The van der Waals surface area contributed by atoms with E-state index in [1.54, 1.807) is 0 Å². The van der Waals surface area contributed by atoms with Gasteiger partial charge in [0.2, 0.25) is 11.1 Å². The molecule has 128 valence electrons. The first-order valence-electron chi connectivity index (χ1n) is 8.51. The predicted octanol–water partition coefficient (Wildman–Crippen LogP) is 3.40. The van der Waals surface area contributed by atoms with Crippen molar-refractivity contribution in [3.63, 3.8) is 0 Å². The minimum absolute atomic E-state index is 0.0396. The molecule has 5 nitrogen and oxygen atoms in total. The van der Waals surface area contributed by atoms with Crippen LogP contribution in [0.2, 0.25) is 0 Å². The lowest BCUT2D eigenvalue weighted by molar-refractivity contribution is -0.120. The molecule has 0 bridgehead atoms. The summed E-state index contributed by atoms with van der Waals surface area (Å²) >= 11 is 1.42. The summed E-state index contributed by atoms with van der Waals surface area (Å²) in [6.45, 7) is 6.77. The highest BCUT2D eigenvalue weighted by Crippen LogP contribution is 2.40. The zero-order valence-electron chi connectivity index (χ0n) is 14.4. The first kappa shape index (κ1) is 17.0. The van der Waals surface area contributed by atoms with Crippen molar-refractivity contribution in [2.75, 3.05) is 6.54 Å². The molecule has 1 aliphatic rings. The molecule has 1 aromatic carbocycles. The van der Waals surface area contributed by atoms with Crippen LogP contribution in [0.1, 0.15) is 45.4 Å². The first-order chi connectivity index (χ1) is 11.5. The molecule has 1 heterocycles. The Labute approximate surface area is 147 Å². The molecular weight excluding hydrogens is 320 g/mol. The van der Waals surface area contributed by atoms with E-state index in [9.17, 15) is 4.79 Å². The number of carbonyl (C=O) groups excluding carboxylic acids is 1. The fraction of sp³-hybridized carbons (Fsp3) is 0.500. The van der Waals surface area contributed by atoms with Crippen LogP contribution in [0.25, 0.3) is 5.69 Å². The molecule has 0 spiro atoms. The van der Waals surface area contributed by atoms with Crippen molar-refractivity contribution in [3.05, 3.63) is 36.2 Å². The van der Waals surface area contributed by atoms with Crippen LogP contribution in [0.3, 0.4) is 0 Å². The van der Waals surface area contributed by atoms with E-state index in [2.05, 4.69) is 24.3 Å². The number of para-hydroxylation sites is 1. The van der Waals surface area contributed by atoms with E-state index >= 15 is 0 Å². The molecule has 0 saturated heterocycles. The van der Waals surface area contributed by atoms with Crippen LogP contribution in [0, 0.1) is 5.92 Å². The van der Waals surface area contributed by atoms with E-state index in [1.165, 1.54) is 24.6 Å². The van der Waals surface area contributed by atoms with Gasteiger partial charge in [-0.1, -0.05) is 43.8 Å². The molecule has 1 unspecified atom stereocenters. The van der Waals surface area contributed by atoms with Crippen molar-refractivity contribution >= 4 is 17.7 Å². The fourth-order valence-corrected chi connectivity index (χ4v) is 3.16. The zero-order valence-corrected chi connectivity index (χ0v) is 15.2. The summed E-state index contributed by atoms with van der Waals surface area (Å²) in [5.41, 5.74) is 1.02. The van der Waals surface area contributed by atoms with Gasteiger partial charge >= 0.3 is 0 Å². The third-order valence-electron chi connectivity index (χ3n) is 3.89. The maximum atomic E-state index is 12.2. The molecule has 0 aliphatic heterocycles. The van der Waals surface area contributed by atoms with E-state index in [4.69, 9.17) is 4.98 Å². The van der Waals surface area contributed by atoms with Gasteiger partial charge in [-0.3, -0.25) is 4.79 Å². The van der Waals surface area contributed by atoms with Crippen LogP contribution in [0.15, 0.2) is 35.5 Å². The molecule has 1 aliphatic carbocycles. The Morgan fingerprint density at radius 1 is 1.29 bits per heavy atom. The Hall–Kier alpha value is -1.82. The molecule has 1 atom stereocenters. The summed E-state index contributed by atoms with van der Waals surface area (Å²) in [5, 5.41) is 8.08. The van der Waals surface area contributed by atoms with Crippen molar-refractivity contribution in [1.29, 1.82) is 0 Å². The van der Waals surface area contributed by atoms with Crippen molar-refractivity contribution in [2.45, 2.75) is 49.9 Å². The molecule has 1 saturated carbocycles. The van der Waals surface area contributed by atoms with Gasteiger partial charge in [0.1, 0.15) is 5.82 Å². The normalized spacial score (nSPS) is 15.5.